The summed E-state index contributed by atoms with van der Waals surface area (Å²) in [4.78, 5) is 18.7. The fourth-order valence-electron chi connectivity index (χ4n) is 3.68. The topological polar surface area (TPSA) is 74.6 Å². The average molecular weight is 524 g/mol. The molecule has 0 aliphatic carbocycles. The molecule has 164 valence electrons. The van der Waals surface area contributed by atoms with E-state index in [0.717, 1.165) is 44.0 Å². The molecule has 3 rings (SSSR count). The fourth-order valence-corrected chi connectivity index (χ4v) is 3.68. The number of nitrogens with zero attached hydrogens (tertiary/aromatic N) is 4. The van der Waals surface area contributed by atoms with Gasteiger partial charge in [-0.15, -0.1) is 24.0 Å². The number of piperidine rings is 1. The highest BCUT2D eigenvalue weighted by Gasteiger charge is 2.22. The van der Waals surface area contributed by atoms with Crippen LogP contribution in [0, 0.1) is 0 Å². The van der Waals surface area contributed by atoms with Gasteiger partial charge in [0.05, 0.1) is 5.69 Å². The number of hydrogen-bond acceptors (Lipinski definition) is 3. The van der Waals surface area contributed by atoms with Gasteiger partial charge in [-0.3, -0.25) is 9.79 Å². The minimum Gasteiger partial charge on any atom is -0.356 e. The average Bonchev–Trinajstić information content (AvgIpc) is 3.28. The van der Waals surface area contributed by atoms with Crippen molar-refractivity contribution in [2.45, 2.75) is 45.1 Å². The molecule has 2 aromatic rings. The summed E-state index contributed by atoms with van der Waals surface area (Å²) in [6, 6.07) is 10.7. The maximum absolute atomic E-state index is 12.4. The van der Waals surface area contributed by atoms with Gasteiger partial charge < -0.3 is 15.5 Å². The third kappa shape index (κ3) is 7.00. The quantitative estimate of drug-likeness (QED) is 0.332. The molecular weight excluding hydrogens is 491 g/mol. The van der Waals surface area contributed by atoms with Crippen LogP contribution in [0.3, 0.4) is 0 Å². The maximum Gasteiger partial charge on any atom is 0.224 e. The molecule has 0 spiro atoms. The van der Waals surface area contributed by atoms with Crippen molar-refractivity contribution >= 4 is 35.8 Å². The van der Waals surface area contributed by atoms with Crippen molar-refractivity contribution in [2.24, 2.45) is 4.99 Å². The van der Waals surface area contributed by atoms with E-state index in [4.69, 9.17) is 0 Å². The third-order valence-electron chi connectivity index (χ3n) is 5.39. The van der Waals surface area contributed by atoms with Crippen LogP contribution in [0.4, 0.5) is 0 Å². The number of likely N-dealkylation sites (tertiary alicyclic amines) is 1. The Labute approximate surface area is 196 Å². The monoisotopic (exact) mass is 524 g/mol. The molecule has 1 fully saturated rings. The van der Waals surface area contributed by atoms with Gasteiger partial charge in [0, 0.05) is 51.5 Å². The number of guanidine groups is 1. The van der Waals surface area contributed by atoms with Crippen molar-refractivity contribution in [2.75, 3.05) is 26.7 Å². The van der Waals surface area contributed by atoms with E-state index in [2.05, 4.69) is 51.9 Å². The predicted molar refractivity (Wildman–Crippen MR) is 132 cm³/mol. The van der Waals surface area contributed by atoms with Crippen molar-refractivity contribution in [3.8, 4) is 5.69 Å². The van der Waals surface area contributed by atoms with Crippen molar-refractivity contribution in [1.82, 2.24) is 25.3 Å². The molecular formula is C22H33IN6O. The summed E-state index contributed by atoms with van der Waals surface area (Å²) in [6.07, 6.45) is 8.57. The number of aliphatic imine (C=N–C) groups is 1. The van der Waals surface area contributed by atoms with Crippen LogP contribution < -0.4 is 10.6 Å². The van der Waals surface area contributed by atoms with Crippen LogP contribution in [-0.4, -0.2) is 59.3 Å². The Balaban J connectivity index is 0.00000320. The number of benzene rings is 1. The molecule has 1 aromatic carbocycles. The lowest BCUT2D eigenvalue weighted by Crippen LogP contribution is -2.44. The first-order valence-corrected chi connectivity index (χ1v) is 10.5. The fraction of sp³-hybridized carbons (Fsp3) is 0.500. The number of aromatic nitrogens is 2. The smallest absolute Gasteiger partial charge is 0.224 e. The zero-order chi connectivity index (χ0) is 20.5. The van der Waals surface area contributed by atoms with Crippen LogP contribution in [-0.2, 0) is 11.2 Å². The van der Waals surface area contributed by atoms with E-state index in [9.17, 15) is 4.79 Å². The molecule has 2 heterocycles. The summed E-state index contributed by atoms with van der Waals surface area (Å²) in [7, 11) is 1.75. The maximum atomic E-state index is 12.4. The van der Waals surface area contributed by atoms with Crippen molar-refractivity contribution in [3.63, 3.8) is 0 Å². The number of halogens is 1. The van der Waals surface area contributed by atoms with E-state index >= 15 is 0 Å². The van der Waals surface area contributed by atoms with Gasteiger partial charge in [-0.1, -0.05) is 12.1 Å². The van der Waals surface area contributed by atoms with Gasteiger partial charge in [0.2, 0.25) is 5.91 Å². The van der Waals surface area contributed by atoms with Gasteiger partial charge in [0.15, 0.2) is 5.96 Å². The van der Waals surface area contributed by atoms with E-state index in [-0.39, 0.29) is 29.9 Å². The van der Waals surface area contributed by atoms with E-state index in [1.165, 1.54) is 12.0 Å². The normalized spacial score (nSPS) is 16.7. The summed E-state index contributed by atoms with van der Waals surface area (Å²) < 4.78 is 1.85. The van der Waals surface area contributed by atoms with E-state index in [0.29, 0.717) is 19.0 Å². The molecule has 1 aliphatic rings. The number of rotatable bonds is 7. The highest BCUT2D eigenvalue weighted by Crippen LogP contribution is 2.17. The SMILES string of the molecule is CN=C(NCCC(=O)N1CCCCC1C)NCCc1ccc(-n2cccn2)cc1.I. The van der Waals surface area contributed by atoms with Gasteiger partial charge in [-0.25, -0.2) is 4.68 Å². The first-order chi connectivity index (χ1) is 14.2. The van der Waals surface area contributed by atoms with Crippen molar-refractivity contribution in [3.05, 3.63) is 48.3 Å². The predicted octanol–water partition coefficient (Wildman–Crippen LogP) is 2.99. The molecule has 1 saturated heterocycles. The highest BCUT2D eigenvalue weighted by atomic mass is 127. The number of carbonyl (C=O) groups is 1. The number of amides is 1. The Morgan fingerprint density at radius 3 is 2.63 bits per heavy atom. The largest absolute Gasteiger partial charge is 0.356 e. The molecule has 0 saturated carbocycles. The molecule has 1 unspecified atom stereocenters. The van der Waals surface area contributed by atoms with Crippen LogP contribution in [0.5, 0.6) is 0 Å². The van der Waals surface area contributed by atoms with Crippen LogP contribution >= 0.6 is 24.0 Å². The lowest BCUT2D eigenvalue weighted by Gasteiger charge is -2.33. The van der Waals surface area contributed by atoms with Crippen LogP contribution in [0.25, 0.3) is 5.69 Å². The van der Waals surface area contributed by atoms with Gasteiger partial charge >= 0.3 is 0 Å². The number of carbonyl (C=O) groups excluding carboxylic acids is 1. The first-order valence-electron chi connectivity index (χ1n) is 10.5. The van der Waals surface area contributed by atoms with Gasteiger partial charge in [0.1, 0.15) is 0 Å². The zero-order valence-corrected chi connectivity index (χ0v) is 20.2. The van der Waals surface area contributed by atoms with Crippen LogP contribution in [0.2, 0.25) is 0 Å². The Morgan fingerprint density at radius 2 is 1.97 bits per heavy atom. The summed E-state index contributed by atoms with van der Waals surface area (Å²) in [5.74, 6) is 0.968. The van der Waals surface area contributed by atoms with Gasteiger partial charge in [-0.05, 0) is 56.4 Å². The molecule has 2 N–H and O–H groups in total. The molecule has 1 aliphatic heterocycles. The number of hydrogen-bond donors (Lipinski definition) is 2. The summed E-state index contributed by atoms with van der Waals surface area (Å²) >= 11 is 0. The molecule has 1 atom stereocenters. The number of nitrogens with one attached hydrogen (secondary N) is 2. The van der Waals surface area contributed by atoms with Crippen LogP contribution in [0.15, 0.2) is 47.7 Å². The van der Waals surface area contributed by atoms with Gasteiger partial charge in [-0.2, -0.15) is 5.10 Å². The summed E-state index contributed by atoms with van der Waals surface area (Å²) in [5.41, 5.74) is 2.30. The second-order valence-electron chi connectivity index (χ2n) is 7.47. The molecule has 8 heteroatoms. The van der Waals surface area contributed by atoms with E-state index < -0.39 is 0 Å². The molecule has 1 aromatic heterocycles. The summed E-state index contributed by atoms with van der Waals surface area (Å²) in [5, 5.41) is 10.8. The zero-order valence-electron chi connectivity index (χ0n) is 17.9. The molecule has 7 nitrogen and oxygen atoms in total. The first kappa shape index (κ1) is 24.2. The van der Waals surface area contributed by atoms with E-state index in [1.54, 1.807) is 13.2 Å². The Hall–Kier alpha value is -2.10. The Bertz CT molecular complexity index is 790. The lowest BCUT2D eigenvalue weighted by atomic mass is 10.0. The Kier molecular flexibility index (Phi) is 10.1. The molecule has 1 amide bonds. The molecule has 0 bridgehead atoms. The minimum absolute atomic E-state index is 0. The van der Waals surface area contributed by atoms with E-state index in [1.807, 2.05) is 21.8 Å². The lowest BCUT2D eigenvalue weighted by molar-refractivity contribution is -0.134. The Morgan fingerprint density at radius 1 is 1.20 bits per heavy atom. The molecule has 0 radical (unpaired) electrons. The third-order valence-corrected chi connectivity index (χ3v) is 5.39. The van der Waals surface area contributed by atoms with Gasteiger partial charge in [0.25, 0.3) is 0 Å². The second-order valence-corrected chi connectivity index (χ2v) is 7.47. The molecule has 30 heavy (non-hydrogen) atoms. The standard InChI is InChI=1S/C22H32N6O.HI/c1-18-6-3-4-16-27(18)21(29)12-15-25-22(23-2)24-14-11-19-7-9-20(10-8-19)28-17-5-13-26-28;/h5,7-10,13,17-18H,3-4,6,11-12,14-16H2,1-2H3,(H2,23,24,25);1H. The van der Waals surface area contributed by atoms with Crippen LogP contribution in [0.1, 0.15) is 38.2 Å². The second kappa shape index (κ2) is 12.6. The van der Waals surface area contributed by atoms with Crippen molar-refractivity contribution in [1.29, 1.82) is 0 Å². The van der Waals surface area contributed by atoms with Crippen molar-refractivity contribution < 1.29 is 4.79 Å². The highest BCUT2D eigenvalue weighted by molar-refractivity contribution is 14.0. The minimum atomic E-state index is 0. The summed E-state index contributed by atoms with van der Waals surface area (Å²) in [6.45, 7) is 4.41.